The monoisotopic (exact) mass is 337 g/mol. The molecule has 1 fully saturated rings. The van der Waals surface area contributed by atoms with Crippen molar-refractivity contribution in [1.82, 2.24) is 19.3 Å². The molecule has 3 heterocycles. The van der Waals surface area contributed by atoms with Gasteiger partial charge in [0.2, 0.25) is 0 Å². The Kier molecular flexibility index (Phi) is 3.37. The highest BCUT2D eigenvalue weighted by molar-refractivity contribution is 9.10. The molecule has 1 saturated heterocycles. The minimum absolute atomic E-state index is 0.00444. The smallest absolute Gasteiger partial charge is 0.272 e. The minimum atomic E-state index is -0.00444. The molecule has 20 heavy (non-hydrogen) atoms. The molecule has 0 bridgehead atoms. The third kappa shape index (κ3) is 2.06. The lowest BCUT2D eigenvalue weighted by Crippen LogP contribution is -2.36. The van der Waals surface area contributed by atoms with Crippen molar-refractivity contribution in [2.45, 2.75) is 26.2 Å². The zero-order chi connectivity index (χ0) is 14.3. The van der Waals surface area contributed by atoms with E-state index in [1.165, 1.54) is 6.42 Å². The number of carbonyl (C=O) groups is 1. The first-order valence-electron chi connectivity index (χ1n) is 6.68. The van der Waals surface area contributed by atoms with Crippen molar-refractivity contribution >= 4 is 33.2 Å². The molecule has 2 aromatic rings. The summed E-state index contributed by atoms with van der Waals surface area (Å²) in [6.45, 7) is 3.46. The first-order valence-corrected chi connectivity index (χ1v) is 7.47. The number of fused-ring (bicyclic) bond motifs is 1. The molecule has 1 amide bonds. The van der Waals surface area contributed by atoms with Gasteiger partial charge in [-0.3, -0.25) is 9.20 Å². The molecule has 0 aromatic carbocycles. The fraction of sp³-hybridized carbons (Fsp3) is 0.462. The highest BCUT2D eigenvalue weighted by Gasteiger charge is 2.23. The van der Waals surface area contributed by atoms with Crippen molar-refractivity contribution in [3.63, 3.8) is 0 Å². The van der Waals surface area contributed by atoms with Crippen LogP contribution in [0.4, 0.5) is 5.82 Å². The van der Waals surface area contributed by atoms with Crippen molar-refractivity contribution in [2.75, 3.05) is 18.8 Å². The summed E-state index contributed by atoms with van der Waals surface area (Å²) in [7, 11) is 0. The number of likely N-dealkylation sites (tertiary alicyclic amines) is 1. The zero-order valence-corrected chi connectivity index (χ0v) is 12.9. The van der Waals surface area contributed by atoms with Crippen LogP contribution in [0.15, 0.2) is 10.8 Å². The van der Waals surface area contributed by atoms with Gasteiger partial charge in [-0.15, -0.1) is 0 Å². The van der Waals surface area contributed by atoms with Crippen LogP contribution in [-0.4, -0.2) is 38.3 Å². The summed E-state index contributed by atoms with van der Waals surface area (Å²) in [4.78, 5) is 23.0. The Hall–Kier alpha value is -1.63. The van der Waals surface area contributed by atoms with E-state index in [0.717, 1.165) is 31.8 Å². The van der Waals surface area contributed by atoms with Gasteiger partial charge in [-0.1, -0.05) is 0 Å². The lowest BCUT2D eigenvalue weighted by atomic mass is 10.1. The summed E-state index contributed by atoms with van der Waals surface area (Å²) in [6.07, 6.45) is 4.85. The predicted octanol–water partition coefficient (Wildman–Crippen LogP) is 2.01. The van der Waals surface area contributed by atoms with Crippen LogP contribution < -0.4 is 5.73 Å². The third-order valence-electron chi connectivity index (χ3n) is 3.67. The van der Waals surface area contributed by atoms with Gasteiger partial charge < -0.3 is 10.6 Å². The lowest BCUT2D eigenvalue weighted by molar-refractivity contribution is 0.0716. The summed E-state index contributed by atoms with van der Waals surface area (Å²) in [5.41, 5.74) is 7.07. The molecule has 0 aliphatic carbocycles. The van der Waals surface area contributed by atoms with Crippen LogP contribution in [0, 0.1) is 6.92 Å². The molecule has 6 nitrogen and oxygen atoms in total. The number of hydrogen-bond donors (Lipinski definition) is 1. The van der Waals surface area contributed by atoms with Crippen LogP contribution in [0.2, 0.25) is 0 Å². The van der Waals surface area contributed by atoms with Crippen LogP contribution in [0.3, 0.4) is 0 Å². The molecule has 2 N–H and O–H groups in total. The van der Waals surface area contributed by atoms with Crippen LogP contribution in [0.5, 0.6) is 0 Å². The second kappa shape index (κ2) is 5.05. The van der Waals surface area contributed by atoms with E-state index in [9.17, 15) is 4.79 Å². The number of anilines is 1. The Morgan fingerprint density at radius 2 is 2.05 bits per heavy atom. The molecule has 0 spiro atoms. The number of nitrogens with two attached hydrogens (primary N) is 1. The number of nitrogen functional groups attached to an aromatic ring is 1. The topological polar surface area (TPSA) is 76.5 Å². The van der Waals surface area contributed by atoms with Crippen molar-refractivity contribution in [3.8, 4) is 0 Å². The second-order valence-corrected chi connectivity index (χ2v) is 5.77. The summed E-state index contributed by atoms with van der Waals surface area (Å²) in [5, 5.41) is 0. The van der Waals surface area contributed by atoms with Crippen LogP contribution in [0.25, 0.3) is 5.52 Å². The SMILES string of the molecule is Cc1nc(Br)c2c(N)ncc(C(=O)N3CCCCC3)n12. The van der Waals surface area contributed by atoms with E-state index in [1.807, 2.05) is 11.8 Å². The van der Waals surface area contributed by atoms with Gasteiger partial charge >= 0.3 is 0 Å². The number of rotatable bonds is 1. The normalized spacial score (nSPS) is 15.8. The number of nitrogens with zero attached hydrogens (tertiary/aromatic N) is 4. The van der Waals surface area contributed by atoms with Gasteiger partial charge in [-0.05, 0) is 42.1 Å². The fourth-order valence-electron chi connectivity index (χ4n) is 2.67. The lowest BCUT2D eigenvalue weighted by Gasteiger charge is -2.27. The number of imidazole rings is 1. The van der Waals surface area contributed by atoms with E-state index in [4.69, 9.17) is 5.73 Å². The standard InChI is InChI=1S/C13H16BrN5O/c1-8-17-11(14)10-12(15)16-7-9(19(8)10)13(20)18-5-3-2-4-6-18/h7H,2-6H2,1H3,(H2,15,16). The first kappa shape index (κ1) is 13.4. The average molecular weight is 338 g/mol. The number of carbonyl (C=O) groups excluding carboxylic acids is 1. The average Bonchev–Trinajstić information content (AvgIpc) is 2.76. The first-order chi connectivity index (χ1) is 9.59. The third-order valence-corrected chi connectivity index (χ3v) is 4.23. The van der Waals surface area contributed by atoms with Gasteiger partial charge in [-0.25, -0.2) is 9.97 Å². The van der Waals surface area contributed by atoms with E-state index in [1.54, 1.807) is 10.6 Å². The summed E-state index contributed by atoms with van der Waals surface area (Å²) >= 11 is 3.37. The Morgan fingerprint density at radius 3 is 2.75 bits per heavy atom. The molecule has 0 unspecified atom stereocenters. The Balaban J connectivity index is 2.12. The fourth-order valence-corrected chi connectivity index (χ4v) is 3.31. The van der Waals surface area contributed by atoms with Gasteiger partial charge in [-0.2, -0.15) is 0 Å². The van der Waals surface area contributed by atoms with E-state index >= 15 is 0 Å². The minimum Gasteiger partial charge on any atom is -0.382 e. The van der Waals surface area contributed by atoms with Crippen molar-refractivity contribution in [3.05, 3.63) is 22.3 Å². The predicted molar refractivity (Wildman–Crippen MR) is 79.6 cm³/mol. The van der Waals surface area contributed by atoms with Gasteiger partial charge in [0.15, 0.2) is 5.82 Å². The Morgan fingerprint density at radius 1 is 1.35 bits per heavy atom. The Bertz CT molecular complexity index is 675. The van der Waals surface area contributed by atoms with E-state index in [-0.39, 0.29) is 5.91 Å². The molecule has 0 atom stereocenters. The molecular weight excluding hydrogens is 322 g/mol. The summed E-state index contributed by atoms with van der Waals surface area (Å²) < 4.78 is 2.40. The molecule has 1 aliphatic heterocycles. The number of aryl methyl sites for hydroxylation is 1. The molecule has 3 rings (SSSR count). The van der Waals surface area contributed by atoms with E-state index in [0.29, 0.717) is 21.6 Å². The summed E-state index contributed by atoms with van der Waals surface area (Å²) in [6, 6.07) is 0. The molecule has 106 valence electrons. The number of halogens is 1. The van der Waals surface area contributed by atoms with Crippen LogP contribution in [-0.2, 0) is 0 Å². The molecule has 0 saturated carbocycles. The largest absolute Gasteiger partial charge is 0.382 e. The molecule has 0 radical (unpaired) electrons. The highest BCUT2D eigenvalue weighted by Crippen LogP contribution is 2.25. The van der Waals surface area contributed by atoms with Crippen molar-refractivity contribution in [2.24, 2.45) is 0 Å². The number of piperidine rings is 1. The maximum Gasteiger partial charge on any atom is 0.272 e. The van der Waals surface area contributed by atoms with Crippen molar-refractivity contribution in [1.29, 1.82) is 0 Å². The van der Waals surface area contributed by atoms with Crippen LogP contribution in [0.1, 0.15) is 35.6 Å². The van der Waals surface area contributed by atoms with E-state index < -0.39 is 0 Å². The van der Waals surface area contributed by atoms with Gasteiger partial charge in [0.1, 0.15) is 21.6 Å². The van der Waals surface area contributed by atoms with Gasteiger partial charge in [0, 0.05) is 13.1 Å². The molecular formula is C13H16BrN5O. The maximum atomic E-state index is 12.7. The van der Waals surface area contributed by atoms with Crippen LogP contribution >= 0.6 is 15.9 Å². The van der Waals surface area contributed by atoms with Gasteiger partial charge in [0.05, 0.1) is 6.20 Å². The molecule has 1 aliphatic rings. The van der Waals surface area contributed by atoms with Crippen molar-refractivity contribution < 1.29 is 4.79 Å². The quantitative estimate of drug-likeness (QED) is 0.863. The molecule has 2 aromatic heterocycles. The molecule has 7 heteroatoms. The number of hydrogen-bond acceptors (Lipinski definition) is 4. The zero-order valence-electron chi connectivity index (χ0n) is 11.3. The highest BCUT2D eigenvalue weighted by atomic mass is 79.9. The number of aromatic nitrogens is 3. The maximum absolute atomic E-state index is 12.7. The second-order valence-electron chi connectivity index (χ2n) is 5.02. The Labute approximate surface area is 125 Å². The summed E-state index contributed by atoms with van der Waals surface area (Å²) in [5.74, 6) is 1.09. The van der Waals surface area contributed by atoms with Gasteiger partial charge in [0.25, 0.3) is 5.91 Å². The van der Waals surface area contributed by atoms with E-state index in [2.05, 4.69) is 25.9 Å². The number of amides is 1.